The summed E-state index contributed by atoms with van der Waals surface area (Å²) < 4.78 is 13.4. The van der Waals surface area contributed by atoms with Crippen LogP contribution in [0.3, 0.4) is 0 Å². The van der Waals surface area contributed by atoms with Crippen molar-refractivity contribution in [2.24, 2.45) is 5.84 Å². The Morgan fingerprint density at radius 2 is 2.24 bits per heavy atom. The second kappa shape index (κ2) is 6.67. The lowest BCUT2D eigenvalue weighted by atomic mass is 10.0. The molecule has 0 saturated heterocycles. The molecule has 1 atom stereocenters. The van der Waals surface area contributed by atoms with Gasteiger partial charge in [0, 0.05) is 20.5 Å². The molecule has 1 aliphatic rings. The molecule has 1 unspecified atom stereocenters. The fraction of sp³-hybridized carbons (Fsp3) is 0.333. The second-order valence-corrected chi connectivity index (χ2v) is 7.74. The van der Waals surface area contributed by atoms with Gasteiger partial charge < -0.3 is 0 Å². The van der Waals surface area contributed by atoms with Gasteiger partial charge in [0.1, 0.15) is 5.82 Å². The van der Waals surface area contributed by atoms with Crippen LogP contribution in [0.2, 0.25) is 5.02 Å². The van der Waals surface area contributed by atoms with Crippen LogP contribution in [0, 0.1) is 5.82 Å². The van der Waals surface area contributed by atoms with Crippen molar-refractivity contribution in [2.75, 3.05) is 5.75 Å². The number of benzene rings is 1. The third-order valence-corrected chi connectivity index (χ3v) is 6.35. The predicted octanol–water partition coefficient (Wildman–Crippen LogP) is 4.08. The minimum Gasteiger partial charge on any atom is -0.271 e. The Hall–Kier alpha value is -0.590. The van der Waals surface area contributed by atoms with E-state index in [0.717, 1.165) is 17.7 Å². The van der Waals surface area contributed by atoms with Gasteiger partial charge in [-0.05, 0) is 54.0 Å². The van der Waals surface area contributed by atoms with Gasteiger partial charge in [-0.2, -0.15) is 11.8 Å². The number of halogens is 2. The normalized spacial score (nSPS) is 15.8. The molecule has 3 rings (SSSR count). The van der Waals surface area contributed by atoms with Gasteiger partial charge in [0.05, 0.1) is 6.04 Å². The summed E-state index contributed by atoms with van der Waals surface area (Å²) in [6.45, 7) is 0. The van der Waals surface area contributed by atoms with Crippen molar-refractivity contribution in [2.45, 2.75) is 24.6 Å². The predicted molar refractivity (Wildman–Crippen MR) is 89.4 cm³/mol. The first kappa shape index (κ1) is 15.3. The first-order valence-electron chi connectivity index (χ1n) is 6.76. The number of aryl methyl sites for hydroxylation is 1. The summed E-state index contributed by atoms with van der Waals surface area (Å²) in [7, 11) is 0. The number of nitrogens with one attached hydrogen (secondary N) is 1. The molecule has 21 heavy (non-hydrogen) atoms. The summed E-state index contributed by atoms with van der Waals surface area (Å²) in [6, 6.07) is 6.64. The number of thiophene rings is 1. The van der Waals surface area contributed by atoms with Gasteiger partial charge in [-0.25, -0.2) is 4.39 Å². The van der Waals surface area contributed by atoms with Crippen LogP contribution in [0.1, 0.15) is 26.9 Å². The number of thioether (sulfide) groups is 1. The van der Waals surface area contributed by atoms with Gasteiger partial charge in [-0.1, -0.05) is 11.6 Å². The fourth-order valence-corrected chi connectivity index (χ4v) is 5.13. The van der Waals surface area contributed by atoms with Crippen molar-refractivity contribution < 1.29 is 4.39 Å². The standard InChI is InChI=1S/C15H16ClFN2S2/c16-12-2-1-11(17)5-9(12)6-13(19-18)15-7-10-8-20-4-3-14(10)21-15/h1-2,5,7,13,19H,3-4,6,8,18H2. The Bertz CT molecular complexity index is 621. The Morgan fingerprint density at radius 3 is 3.00 bits per heavy atom. The Morgan fingerprint density at radius 1 is 1.38 bits per heavy atom. The molecule has 1 aromatic heterocycles. The number of hydrogen-bond donors (Lipinski definition) is 2. The van der Waals surface area contributed by atoms with E-state index < -0.39 is 0 Å². The lowest BCUT2D eigenvalue weighted by Gasteiger charge is -2.15. The molecular weight excluding hydrogens is 327 g/mol. The van der Waals surface area contributed by atoms with Crippen molar-refractivity contribution >= 4 is 34.7 Å². The van der Waals surface area contributed by atoms with Crippen molar-refractivity contribution in [3.63, 3.8) is 0 Å². The zero-order chi connectivity index (χ0) is 14.8. The topological polar surface area (TPSA) is 38.0 Å². The molecule has 0 radical (unpaired) electrons. The first-order valence-corrected chi connectivity index (χ1v) is 9.11. The van der Waals surface area contributed by atoms with Crippen molar-refractivity contribution in [1.29, 1.82) is 0 Å². The number of hydrogen-bond acceptors (Lipinski definition) is 4. The van der Waals surface area contributed by atoms with Crippen LogP contribution in [0.5, 0.6) is 0 Å². The van der Waals surface area contributed by atoms with Gasteiger partial charge in [-0.15, -0.1) is 11.3 Å². The highest BCUT2D eigenvalue weighted by Crippen LogP contribution is 2.35. The van der Waals surface area contributed by atoms with Crippen LogP contribution in [-0.4, -0.2) is 5.75 Å². The van der Waals surface area contributed by atoms with Gasteiger partial charge in [-0.3, -0.25) is 11.3 Å². The van der Waals surface area contributed by atoms with Crippen molar-refractivity contribution in [3.8, 4) is 0 Å². The van der Waals surface area contributed by atoms with E-state index in [9.17, 15) is 4.39 Å². The van der Waals surface area contributed by atoms with Crippen LogP contribution >= 0.6 is 34.7 Å². The third kappa shape index (κ3) is 3.43. The summed E-state index contributed by atoms with van der Waals surface area (Å²) in [5.74, 6) is 7.70. The minimum atomic E-state index is -0.271. The molecule has 6 heteroatoms. The molecule has 0 bridgehead atoms. The van der Waals surface area contributed by atoms with Crippen LogP contribution in [-0.2, 0) is 18.6 Å². The Kier molecular flexibility index (Phi) is 4.86. The van der Waals surface area contributed by atoms with Crippen LogP contribution in [0.25, 0.3) is 0 Å². The van der Waals surface area contributed by atoms with E-state index >= 15 is 0 Å². The number of fused-ring (bicyclic) bond motifs is 1. The molecule has 112 valence electrons. The summed E-state index contributed by atoms with van der Waals surface area (Å²) in [4.78, 5) is 2.65. The lowest BCUT2D eigenvalue weighted by molar-refractivity contribution is 0.556. The van der Waals surface area contributed by atoms with Crippen molar-refractivity contribution in [1.82, 2.24) is 5.43 Å². The van der Waals surface area contributed by atoms with E-state index in [1.165, 1.54) is 33.2 Å². The van der Waals surface area contributed by atoms with E-state index in [0.29, 0.717) is 11.4 Å². The monoisotopic (exact) mass is 342 g/mol. The Balaban J connectivity index is 1.84. The SMILES string of the molecule is NNC(Cc1cc(F)ccc1Cl)c1cc2c(s1)CCSC2. The van der Waals surface area contributed by atoms with Crippen LogP contribution < -0.4 is 11.3 Å². The van der Waals surface area contributed by atoms with Gasteiger partial charge in [0.2, 0.25) is 0 Å². The highest BCUT2D eigenvalue weighted by atomic mass is 35.5. The smallest absolute Gasteiger partial charge is 0.123 e. The number of hydrazine groups is 1. The van der Waals surface area contributed by atoms with Gasteiger partial charge >= 0.3 is 0 Å². The van der Waals surface area contributed by atoms with Gasteiger partial charge in [0.15, 0.2) is 0 Å². The maximum Gasteiger partial charge on any atom is 0.123 e. The minimum absolute atomic E-state index is 0.0371. The molecule has 0 amide bonds. The summed E-state index contributed by atoms with van der Waals surface area (Å²) in [5.41, 5.74) is 5.04. The highest BCUT2D eigenvalue weighted by Gasteiger charge is 2.20. The maximum atomic E-state index is 13.4. The molecule has 1 aliphatic heterocycles. The molecular formula is C15H16ClFN2S2. The fourth-order valence-electron chi connectivity index (χ4n) is 2.50. The third-order valence-electron chi connectivity index (χ3n) is 3.62. The number of nitrogens with two attached hydrogens (primary N) is 1. The Labute approximate surface area is 136 Å². The summed E-state index contributed by atoms with van der Waals surface area (Å²) in [6.07, 6.45) is 1.71. The molecule has 0 fully saturated rings. The summed E-state index contributed by atoms with van der Waals surface area (Å²) >= 11 is 9.92. The molecule has 2 aromatic rings. The van der Waals surface area contributed by atoms with E-state index in [4.69, 9.17) is 17.4 Å². The molecule has 0 saturated carbocycles. The molecule has 0 spiro atoms. The average molecular weight is 343 g/mol. The first-order chi connectivity index (χ1) is 10.2. The largest absolute Gasteiger partial charge is 0.271 e. The van der Waals surface area contributed by atoms with Crippen LogP contribution in [0.15, 0.2) is 24.3 Å². The van der Waals surface area contributed by atoms with Crippen LogP contribution in [0.4, 0.5) is 4.39 Å². The molecule has 2 nitrogen and oxygen atoms in total. The highest BCUT2D eigenvalue weighted by molar-refractivity contribution is 7.98. The molecule has 2 heterocycles. The zero-order valence-electron chi connectivity index (χ0n) is 11.4. The van der Waals surface area contributed by atoms with Gasteiger partial charge in [0.25, 0.3) is 0 Å². The van der Waals surface area contributed by atoms with E-state index in [2.05, 4.69) is 11.5 Å². The lowest BCUT2D eigenvalue weighted by Crippen LogP contribution is -2.29. The molecule has 1 aromatic carbocycles. The maximum absolute atomic E-state index is 13.4. The molecule has 0 aliphatic carbocycles. The molecule has 3 N–H and O–H groups in total. The average Bonchev–Trinajstić information content (AvgIpc) is 2.91. The van der Waals surface area contributed by atoms with Crippen molar-refractivity contribution in [3.05, 3.63) is 56.0 Å². The van der Waals surface area contributed by atoms with E-state index in [1.807, 2.05) is 11.8 Å². The summed E-state index contributed by atoms with van der Waals surface area (Å²) in [5, 5.41) is 0.577. The number of rotatable bonds is 4. The second-order valence-electron chi connectivity index (χ2n) is 5.06. The zero-order valence-corrected chi connectivity index (χ0v) is 13.8. The van der Waals surface area contributed by atoms with E-state index in [1.54, 1.807) is 17.4 Å². The van der Waals surface area contributed by atoms with E-state index in [-0.39, 0.29) is 11.9 Å². The quantitative estimate of drug-likeness (QED) is 0.649.